The number of H-pyrrole nitrogens is 1. The number of nitrogens with one attached hydrogen (secondary N) is 2. The third kappa shape index (κ3) is 3.25. The molecule has 3 aromatic rings. The van der Waals surface area contributed by atoms with Gasteiger partial charge < -0.3 is 10.1 Å². The van der Waals surface area contributed by atoms with Crippen LogP contribution in [0.3, 0.4) is 0 Å². The fourth-order valence-corrected chi connectivity index (χ4v) is 3.45. The maximum atomic E-state index is 12.1. The van der Waals surface area contributed by atoms with E-state index in [1.807, 2.05) is 31.2 Å². The van der Waals surface area contributed by atoms with Gasteiger partial charge in [0, 0.05) is 17.0 Å². The van der Waals surface area contributed by atoms with Gasteiger partial charge in [-0.3, -0.25) is 9.89 Å². The van der Waals surface area contributed by atoms with Crippen LogP contribution in [0.25, 0.3) is 0 Å². The molecule has 1 aliphatic rings. The van der Waals surface area contributed by atoms with Gasteiger partial charge >= 0.3 is 0 Å². The Balaban J connectivity index is 1.63. The highest BCUT2D eigenvalue weighted by Gasteiger charge is 2.30. The van der Waals surface area contributed by atoms with Crippen LogP contribution >= 0.6 is 11.6 Å². The molecule has 0 aliphatic carbocycles. The van der Waals surface area contributed by atoms with Gasteiger partial charge in [-0.15, -0.1) is 0 Å². The molecule has 4 rings (SSSR count). The van der Waals surface area contributed by atoms with E-state index in [-0.39, 0.29) is 11.9 Å². The van der Waals surface area contributed by atoms with Crippen molar-refractivity contribution < 1.29 is 9.53 Å². The molecular formula is C20H15ClN4O2. The van der Waals surface area contributed by atoms with Crippen LogP contribution in [0.1, 0.15) is 38.9 Å². The second kappa shape index (κ2) is 6.78. The highest BCUT2D eigenvalue weighted by Crippen LogP contribution is 2.34. The Kier molecular flexibility index (Phi) is 4.30. The summed E-state index contributed by atoms with van der Waals surface area (Å²) < 4.78 is 5.99. The molecule has 1 aromatic heterocycles. The van der Waals surface area contributed by atoms with Crippen LogP contribution in [0.15, 0.2) is 42.5 Å². The van der Waals surface area contributed by atoms with E-state index in [0.29, 0.717) is 39.8 Å². The number of aryl methyl sites for hydroxylation is 1. The van der Waals surface area contributed by atoms with E-state index in [2.05, 4.69) is 21.6 Å². The molecule has 1 amide bonds. The molecule has 1 atom stereocenters. The first-order valence-electron chi connectivity index (χ1n) is 8.37. The van der Waals surface area contributed by atoms with Crippen molar-refractivity contribution in [1.29, 1.82) is 5.26 Å². The van der Waals surface area contributed by atoms with Gasteiger partial charge in [0.1, 0.15) is 11.4 Å². The number of ether oxygens (including phenoxy) is 1. The molecule has 1 unspecified atom stereocenters. The number of hydrogen-bond donors (Lipinski definition) is 2. The molecule has 0 fully saturated rings. The highest BCUT2D eigenvalue weighted by molar-refractivity contribution is 6.30. The van der Waals surface area contributed by atoms with Crippen molar-refractivity contribution in [2.24, 2.45) is 0 Å². The topological polar surface area (TPSA) is 90.8 Å². The number of nitrogens with zero attached hydrogens (tertiary/aromatic N) is 2. The quantitative estimate of drug-likeness (QED) is 0.716. The van der Waals surface area contributed by atoms with Crippen molar-refractivity contribution in [1.82, 2.24) is 15.5 Å². The number of fused-ring (bicyclic) bond motifs is 1. The van der Waals surface area contributed by atoms with Gasteiger partial charge in [-0.25, -0.2) is 0 Å². The summed E-state index contributed by atoms with van der Waals surface area (Å²) >= 11 is 6.06. The van der Waals surface area contributed by atoms with Crippen LogP contribution in [0.2, 0.25) is 5.02 Å². The number of halogens is 1. The summed E-state index contributed by atoms with van der Waals surface area (Å²) in [4.78, 5) is 12.1. The fraction of sp³-hybridized carbons (Fsp3) is 0.150. The first-order valence-corrected chi connectivity index (χ1v) is 8.75. The Morgan fingerprint density at radius 1 is 1.30 bits per heavy atom. The van der Waals surface area contributed by atoms with Crippen LogP contribution in [0.4, 0.5) is 0 Å². The number of hydrogen-bond acceptors (Lipinski definition) is 4. The van der Waals surface area contributed by atoms with E-state index >= 15 is 0 Å². The number of amides is 1. The van der Waals surface area contributed by atoms with Gasteiger partial charge in [0.15, 0.2) is 5.75 Å². The number of carbonyl (C=O) groups is 1. The minimum absolute atomic E-state index is 0.0844. The number of aromatic amines is 1. The number of aromatic nitrogens is 2. The second-order valence-corrected chi connectivity index (χ2v) is 6.77. The molecule has 6 nitrogen and oxygen atoms in total. The molecule has 2 heterocycles. The average molecular weight is 379 g/mol. The lowest BCUT2D eigenvalue weighted by molar-refractivity contribution is 0.0956. The molecule has 0 saturated carbocycles. The summed E-state index contributed by atoms with van der Waals surface area (Å²) in [5, 5.41) is 19.8. The number of rotatable bonds is 4. The fourth-order valence-electron chi connectivity index (χ4n) is 3.22. The van der Waals surface area contributed by atoms with Crippen molar-refractivity contribution in [3.8, 4) is 17.6 Å². The zero-order valence-electron chi connectivity index (χ0n) is 14.4. The smallest absolute Gasteiger partial charge is 0.252 e. The zero-order chi connectivity index (χ0) is 19.0. The van der Waals surface area contributed by atoms with Gasteiger partial charge in [0.2, 0.25) is 0 Å². The van der Waals surface area contributed by atoms with Gasteiger partial charge in [-0.1, -0.05) is 29.8 Å². The molecule has 0 bridgehead atoms. The van der Waals surface area contributed by atoms with Crippen LogP contribution in [-0.4, -0.2) is 16.1 Å². The third-order valence-electron chi connectivity index (χ3n) is 4.47. The minimum atomic E-state index is -0.173. The standard InChI is InChI=1S/C20H15ClN4O2/c1-11-19(27-14-7-12(10-22)6-13(21)8-14)18(25-24-11)9-17-15-4-2-3-5-16(15)20(26)23-17/h2-8,17H,9H2,1H3,(H,23,26)(H,24,25). The molecule has 1 aliphatic heterocycles. The lowest BCUT2D eigenvalue weighted by Crippen LogP contribution is -2.21. The number of benzene rings is 2. The van der Waals surface area contributed by atoms with Crippen LogP contribution in [-0.2, 0) is 6.42 Å². The van der Waals surface area contributed by atoms with Gasteiger partial charge in [0.05, 0.1) is 23.4 Å². The Bertz CT molecular complexity index is 1080. The summed E-state index contributed by atoms with van der Waals surface area (Å²) in [5.74, 6) is 0.944. The molecule has 2 N–H and O–H groups in total. The van der Waals surface area contributed by atoms with Crippen LogP contribution < -0.4 is 10.1 Å². The van der Waals surface area contributed by atoms with E-state index in [9.17, 15) is 4.79 Å². The number of nitriles is 1. The lowest BCUT2D eigenvalue weighted by atomic mass is 10.0. The number of carbonyl (C=O) groups excluding carboxylic acids is 1. The summed E-state index contributed by atoms with van der Waals surface area (Å²) in [6.45, 7) is 1.85. The summed E-state index contributed by atoms with van der Waals surface area (Å²) in [7, 11) is 0. The molecule has 0 spiro atoms. The average Bonchev–Trinajstić information content (AvgIpc) is 3.16. The maximum Gasteiger partial charge on any atom is 0.252 e. The molecule has 0 radical (unpaired) electrons. The Labute approximate surface area is 160 Å². The largest absolute Gasteiger partial charge is 0.453 e. The zero-order valence-corrected chi connectivity index (χ0v) is 15.2. The summed E-state index contributed by atoms with van der Waals surface area (Å²) in [6, 6.07) is 14.2. The van der Waals surface area contributed by atoms with E-state index in [4.69, 9.17) is 21.6 Å². The maximum absolute atomic E-state index is 12.1. The molecule has 27 heavy (non-hydrogen) atoms. The first-order chi connectivity index (χ1) is 13.0. The normalized spacial score (nSPS) is 15.1. The first kappa shape index (κ1) is 17.1. The van der Waals surface area contributed by atoms with E-state index in [1.165, 1.54) is 0 Å². The van der Waals surface area contributed by atoms with Crippen molar-refractivity contribution in [2.45, 2.75) is 19.4 Å². The van der Waals surface area contributed by atoms with Crippen LogP contribution in [0.5, 0.6) is 11.5 Å². The van der Waals surface area contributed by atoms with Crippen molar-refractivity contribution in [2.75, 3.05) is 0 Å². The lowest BCUT2D eigenvalue weighted by Gasteiger charge is -2.12. The minimum Gasteiger partial charge on any atom is -0.453 e. The van der Waals surface area contributed by atoms with Gasteiger partial charge in [-0.05, 0) is 36.8 Å². The van der Waals surface area contributed by atoms with Gasteiger partial charge in [-0.2, -0.15) is 10.4 Å². The van der Waals surface area contributed by atoms with Gasteiger partial charge in [0.25, 0.3) is 5.91 Å². The Morgan fingerprint density at radius 2 is 2.11 bits per heavy atom. The predicted molar refractivity (Wildman–Crippen MR) is 99.9 cm³/mol. The van der Waals surface area contributed by atoms with Crippen molar-refractivity contribution in [3.05, 3.63) is 75.6 Å². The second-order valence-electron chi connectivity index (χ2n) is 6.33. The molecule has 7 heteroatoms. The van der Waals surface area contributed by atoms with Crippen molar-refractivity contribution >= 4 is 17.5 Å². The third-order valence-corrected chi connectivity index (χ3v) is 4.68. The van der Waals surface area contributed by atoms with Crippen molar-refractivity contribution in [3.63, 3.8) is 0 Å². The summed E-state index contributed by atoms with van der Waals surface area (Å²) in [6.07, 6.45) is 0.480. The molecule has 0 saturated heterocycles. The SMILES string of the molecule is Cc1[nH]nc(CC2NC(=O)c3ccccc32)c1Oc1cc(Cl)cc(C#N)c1. The molecule has 134 valence electrons. The monoisotopic (exact) mass is 378 g/mol. The highest BCUT2D eigenvalue weighted by atomic mass is 35.5. The Hall–Kier alpha value is -3.30. The Morgan fingerprint density at radius 3 is 2.93 bits per heavy atom. The summed E-state index contributed by atoms with van der Waals surface area (Å²) in [5.41, 5.74) is 3.49. The van der Waals surface area contributed by atoms with E-state index in [1.54, 1.807) is 18.2 Å². The van der Waals surface area contributed by atoms with Crippen LogP contribution in [0, 0.1) is 18.3 Å². The predicted octanol–water partition coefficient (Wildman–Crippen LogP) is 4.06. The molecule has 2 aromatic carbocycles. The van der Waals surface area contributed by atoms with E-state index in [0.717, 1.165) is 11.3 Å². The molecular weight excluding hydrogens is 364 g/mol. The van der Waals surface area contributed by atoms with E-state index < -0.39 is 0 Å².